The maximum absolute atomic E-state index is 11.6. The standard InChI is InChI=1S/C18H27NO3/c20-15-3-1-4-16-12(15)7-11(14(16)19-9-15)17(21)5-2-10-6-13(16)18(17,22)8-10/h10-14,19-22H,1-9H2/t10-,11-,12+,13-,14+,15+,16-,17-,18+/m0/s1. The molecule has 4 nitrogen and oxygen atoms in total. The normalized spacial score (nSPS) is 70.8. The molecule has 0 aromatic carbocycles. The molecule has 4 heteroatoms. The van der Waals surface area contributed by atoms with Crippen molar-refractivity contribution in [1.29, 1.82) is 0 Å². The van der Waals surface area contributed by atoms with Crippen molar-refractivity contribution in [2.75, 3.05) is 6.54 Å². The summed E-state index contributed by atoms with van der Waals surface area (Å²) in [6.45, 7) is 0.686. The molecule has 1 spiro atoms. The Morgan fingerprint density at radius 2 is 1.77 bits per heavy atom. The van der Waals surface area contributed by atoms with Crippen LogP contribution in [0.25, 0.3) is 0 Å². The quantitative estimate of drug-likeness (QED) is 0.534. The molecule has 1 aliphatic heterocycles. The third-order valence-corrected chi connectivity index (χ3v) is 9.31. The zero-order valence-electron chi connectivity index (χ0n) is 13.1. The second-order valence-electron chi connectivity index (χ2n) is 9.57. The summed E-state index contributed by atoms with van der Waals surface area (Å²) in [5, 5.41) is 38.2. The van der Waals surface area contributed by atoms with Crippen molar-refractivity contribution in [3.63, 3.8) is 0 Å². The summed E-state index contributed by atoms with van der Waals surface area (Å²) in [5.74, 6) is 1.18. The molecule has 1 saturated heterocycles. The van der Waals surface area contributed by atoms with E-state index in [1.54, 1.807) is 0 Å². The maximum Gasteiger partial charge on any atom is 0.0979 e. The number of rotatable bonds is 0. The molecular weight excluding hydrogens is 278 g/mol. The van der Waals surface area contributed by atoms with Crippen LogP contribution < -0.4 is 5.32 Å². The van der Waals surface area contributed by atoms with Crippen molar-refractivity contribution < 1.29 is 15.3 Å². The molecule has 1 heterocycles. The van der Waals surface area contributed by atoms with Crippen LogP contribution in [0.15, 0.2) is 0 Å². The van der Waals surface area contributed by atoms with Gasteiger partial charge in [0.05, 0.1) is 16.8 Å². The number of nitrogens with one attached hydrogen (secondary N) is 1. The molecule has 4 N–H and O–H groups in total. The Balaban J connectivity index is 1.62. The van der Waals surface area contributed by atoms with Gasteiger partial charge in [-0.2, -0.15) is 0 Å². The summed E-state index contributed by atoms with van der Waals surface area (Å²) in [6, 6.07) is 0.310. The molecule has 6 rings (SSSR count). The van der Waals surface area contributed by atoms with Crippen molar-refractivity contribution in [2.24, 2.45) is 29.1 Å². The van der Waals surface area contributed by atoms with E-state index in [0.717, 1.165) is 51.4 Å². The molecule has 0 aromatic rings. The van der Waals surface area contributed by atoms with Crippen LogP contribution in [0.5, 0.6) is 0 Å². The van der Waals surface area contributed by atoms with Crippen LogP contribution in [0.4, 0.5) is 0 Å². The largest absolute Gasteiger partial charge is 0.388 e. The number of hydrogen-bond donors (Lipinski definition) is 4. The second kappa shape index (κ2) is 3.44. The summed E-state index contributed by atoms with van der Waals surface area (Å²) in [5.41, 5.74) is -2.37. The van der Waals surface area contributed by atoms with E-state index in [4.69, 9.17) is 0 Å². The summed E-state index contributed by atoms with van der Waals surface area (Å²) in [7, 11) is 0. The first-order valence-corrected chi connectivity index (χ1v) is 9.35. The third-order valence-electron chi connectivity index (χ3n) is 9.31. The van der Waals surface area contributed by atoms with Gasteiger partial charge in [0.15, 0.2) is 0 Å². The van der Waals surface area contributed by atoms with Crippen molar-refractivity contribution in [1.82, 2.24) is 5.32 Å². The van der Waals surface area contributed by atoms with Gasteiger partial charge in [-0.15, -0.1) is 0 Å². The Labute approximate surface area is 131 Å². The fourth-order valence-corrected chi connectivity index (χ4v) is 8.76. The summed E-state index contributed by atoms with van der Waals surface area (Å²) in [6.07, 6.45) is 7.70. The minimum atomic E-state index is -0.920. The van der Waals surface area contributed by atoms with Gasteiger partial charge in [-0.1, -0.05) is 0 Å². The molecule has 0 aromatic heterocycles. The van der Waals surface area contributed by atoms with Crippen LogP contribution in [0, 0.1) is 29.1 Å². The molecule has 6 aliphatic rings. The van der Waals surface area contributed by atoms with E-state index >= 15 is 0 Å². The predicted octanol–water partition coefficient (Wildman–Crippen LogP) is 0.791. The number of fused-ring (bicyclic) bond motifs is 2. The molecule has 7 bridgehead atoms. The van der Waals surface area contributed by atoms with Gasteiger partial charge in [-0.3, -0.25) is 0 Å². The van der Waals surface area contributed by atoms with Gasteiger partial charge in [-0.25, -0.2) is 0 Å². The van der Waals surface area contributed by atoms with Crippen LogP contribution in [0.2, 0.25) is 0 Å². The number of hydrogen-bond acceptors (Lipinski definition) is 4. The SMILES string of the molecule is O[C@]12CCC[C@]34[C@H](NC1)[C@H](C[C@H]23)[C@@]1(O)CC[C@H]2C[C@@H]4[C@]1(O)C2. The van der Waals surface area contributed by atoms with Crippen molar-refractivity contribution >= 4 is 0 Å². The van der Waals surface area contributed by atoms with E-state index in [1.807, 2.05) is 0 Å². The lowest BCUT2D eigenvalue weighted by Crippen LogP contribution is -2.77. The molecule has 9 atom stereocenters. The van der Waals surface area contributed by atoms with Crippen molar-refractivity contribution in [3.8, 4) is 0 Å². The zero-order chi connectivity index (χ0) is 15.0. The third kappa shape index (κ3) is 1.05. The molecule has 22 heavy (non-hydrogen) atoms. The Morgan fingerprint density at radius 3 is 2.64 bits per heavy atom. The molecular formula is C18H27NO3. The Morgan fingerprint density at radius 1 is 0.909 bits per heavy atom. The Bertz CT molecular complexity index is 567. The van der Waals surface area contributed by atoms with Gasteiger partial charge >= 0.3 is 0 Å². The first-order chi connectivity index (χ1) is 10.4. The maximum atomic E-state index is 11.6. The molecule has 5 aliphatic carbocycles. The first kappa shape index (κ1) is 13.2. The average molecular weight is 305 g/mol. The summed E-state index contributed by atoms with van der Waals surface area (Å²) < 4.78 is 0. The summed E-state index contributed by atoms with van der Waals surface area (Å²) >= 11 is 0. The minimum Gasteiger partial charge on any atom is -0.388 e. The number of piperidine rings is 1. The predicted molar refractivity (Wildman–Crippen MR) is 80.0 cm³/mol. The average Bonchev–Trinajstić information content (AvgIpc) is 2.89. The minimum absolute atomic E-state index is 0.0377. The first-order valence-electron chi connectivity index (χ1n) is 9.35. The zero-order valence-corrected chi connectivity index (χ0v) is 13.1. The van der Waals surface area contributed by atoms with Crippen LogP contribution in [0.3, 0.4) is 0 Å². The van der Waals surface area contributed by atoms with E-state index in [0.29, 0.717) is 18.5 Å². The highest BCUT2D eigenvalue weighted by Gasteiger charge is 2.82. The molecule has 0 amide bonds. The topological polar surface area (TPSA) is 72.7 Å². The monoisotopic (exact) mass is 305 g/mol. The Kier molecular flexibility index (Phi) is 2.06. The van der Waals surface area contributed by atoms with Gasteiger partial charge in [0.25, 0.3) is 0 Å². The van der Waals surface area contributed by atoms with Gasteiger partial charge in [0.2, 0.25) is 0 Å². The van der Waals surface area contributed by atoms with E-state index in [2.05, 4.69) is 5.32 Å². The molecule has 0 radical (unpaired) electrons. The van der Waals surface area contributed by atoms with Crippen LogP contribution in [-0.2, 0) is 0 Å². The van der Waals surface area contributed by atoms with Gasteiger partial charge < -0.3 is 20.6 Å². The number of β-amino-alcohol motifs (C(OH)–C–C–N with tert-alkyl or cyclic N) is 1. The lowest BCUT2D eigenvalue weighted by molar-refractivity contribution is -0.272. The molecule has 0 unspecified atom stereocenters. The van der Waals surface area contributed by atoms with Crippen molar-refractivity contribution in [2.45, 2.75) is 74.2 Å². The molecule has 5 saturated carbocycles. The van der Waals surface area contributed by atoms with Crippen LogP contribution in [-0.4, -0.2) is 44.7 Å². The number of aliphatic hydroxyl groups is 3. The van der Waals surface area contributed by atoms with Gasteiger partial charge in [0.1, 0.15) is 0 Å². The molecule has 6 fully saturated rings. The highest BCUT2D eigenvalue weighted by Crippen LogP contribution is 2.76. The fourth-order valence-electron chi connectivity index (χ4n) is 8.76. The highest BCUT2D eigenvalue weighted by molar-refractivity contribution is 5.33. The lowest BCUT2D eigenvalue weighted by atomic mass is 9.45. The van der Waals surface area contributed by atoms with E-state index in [-0.39, 0.29) is 23.2 Å². The van der Waals surface area contributed by atoms with E-state index in [9.17, 15) is 15.3 Å². The van der Waals surface area contributed by atoms with Crippen molar-refractivity contribution in [3.05, 3.63) is 0 Å². The second-order valence-corrected chi connectivity index (χ2v) is 9.57. The fraction of sp³-hybridized carbons (Fsp3) is 1.00. The van der Waals surface area contributed by atoms with E-state index < -0.39 is 16.8 Å². The van der Waals surface area contributed by atoms with Crippen LogP contribution >= 0.6 is 0 Å². The van der Waals surface area contributed by atoms with Gasteiger partial charge in [0, 0.05) is 18.5 Å². The van der Waals surface area contributed by atoms with Gasteiger partial charge in [-0.05, 0) is 74.5 Å². The highest BCUT2D eigenvalue weighted by atomic mass is 16.4. The molecule has 122 valence electrons. The lowest BCUT2D eigenvalue weighted by Gasteiger charge is -2.66. The summed E-state index contributed by atoms with van der Waals surface area (Å²) in [4.78, 5) is 0. The smallest absolute Gasteiger partial charge is 0.0979 e. The Hall–Kier alpha value is -0.160. The van der Waals surface area contributed by atoms with E-state index in [1.165, 1.54) is 0 Å². The van der Waals surface area contributed by atoms with Crippen LogP contribution in [0.1, 0.15) is 51.4 Å².